The highest BCUT2D eigenvalue weighted by molar-refractivity contribution is 7.54. The summed E-state index contributed by atoms with van der Waals surface area (Å²) in [5.41, 5.74) is 0.564. The summed E-state index contributed by atoms with van der Waals surface area (Å²) in [6.07, 6.45) is 2.76. The van der Waals surface area contributed by atoms with E-state index in [1.54, 1.807) is 26.8 Å². The van der Waals surface area contributed by atoms with E-state index in [-0.39, 0.29) is 11.4 Å². The maximum absolute atomic E-state index is 12.4. The molecule has 0 heterocycles. The maximum Gasteiger partial charge on any atom is 0.337 e. The predicted molar refractivity (Wildman–Crippen MR) is 62.6 cm³/mol. The van der Waals surface area contributed by atoms with Gasteiger partial charge in [0.2, 0.25) is 0 Å². The molecule has 0 bridgehead atoms. The number of rotatable bonds is 6. The van der Waals surface area contributed by atoms with E-state index in [9.17, 15) is 9.36 Å². The first-order valence-electron chi connectivity index (χ1n) is 5.65. The minimum Gasteiger partial charge on any atom is -0.308 e. The molecule has 1 rings (SSSR count). The van der Waals surface area contributed by atoms with Crippen LogP contribution in [0.3, 0.4) is 0 Å². The van der Waals surface area contributed by atoms with Crippen LogP contribution in [0.2, 0.25) is 0 Å². The monoisotopic (exact) mass is 246 g/mol. The quantitative estimate of drug-likeness (QED) is 0.676. The fourth-order valence-corrected chi connectivity index (χ4v) is 3.62. The second kappa shape index (κ2) is 5.76. The molecule has 0 N–H and O–H groups in total. The molecule has 1 atom stereocenters. The van der Waals surface area contributed by atoms with Gasteiger partial charge in [-0.15, -0.1) is 0 Å². The summed E-state index contributed by atoms with van der Waals surface area (Å²) >= 11 is 0. The van der Waals surface area contributed by atoms with Crippen molar-refractivity contribution in [1.82, 2.24) is 0 Å². The van der Waals surface area contributed by atoms with E-state index in [0.717, 1.165) is 5.57 Å². The number of hydrogen-bond acceptors (Lipinski definition) is 4. The highest BCUT2D eigenvalue weighted by Gasteiger charge is 2.35. The SMILES string of the molecule is CCOP(=O)(OCC)C(C)C1=CC(=O)CC1. The van der Waals surface area contributed by atoms with Gasteiger partial charge in [0, 0.05) is 6.42 Å². The lowest BCUT2D eigenvalue weighted by Gasteiger charge is -2.24. The first-order valence-corrected chi connectivity index (χ1v) is 7.26. The topological polar surface area (TPSA) is 52.6 Å². The fraction of sp³-hybridized carbons (Fsp3) is 0.727. The molecule has 92 valence electrons. The van der Waals surface area contributed by atoms with Gasteiger partial charge in [-0.3, -0.25) is 9.36 Å². The summed E-state index contributed by atoms with van der Waals surface area (Å²) in [4.78, 5) is 11.2. The lowest BCUT2D eigenvalue weighted by Crippen LogP contribution is -2.11. The number of carbonyl (C=O) groups excluding carboxylic acids is 1. The van der Waals surface area contributed by atoms with Gasteiger partial charge in [-0.05, 0) is 33.3 Å². The molecule has 16 heavy (non-hydrogen) atoms. The van der Waals surface area contributed by atoms with E-state index in [0.29, 0.717) is 26.1 Å². The molecule has 0 aromatic rings. The van der Waals surface area contributed by atoms with Gasteiger partial charge in [0.05, 0.1) is 18.9 Å². The van der Waals surface area contributed by atoms with Gasteiger partial charge >= 0.3 is 7.60 Å². The number of allylic oxidation sites excluding steroid dienone is 2. The molecule has 0 aliphatic heterocycles. The molecule has 0 spiro atoms. The molecule has 1 aliphatic rings. The molecule has 0 fully saturated rings. The zero-order chi connectivity index (χ0) is 12.2. The molecule has 0 aromatic heterocycles. The molecule has 1 aliphatic carbocycles. The van der Waals surface area contributed by atoms with Crippen LogP contribution in [0.15, 0.2) is 11.6 Å². The standard InChI is InChI=1S/C11H19O4P/c1-4-14-16(13,15-5-2)9(3)10-6-7-11(12)8-10/h8-9H,4-7H2,1-3H3. The Bertz CT molecular complexity index is 325. The van der Waals surface area contributed by atoms with E-state index in [4.69, 9.17) is 9.05 Å². The van der Waals surface area contributed by atoms with E-state index in [1.807, 2.05) is 0 Å². The van der Waals surface area contributed by atoms with E-state index >= 15 is 0 Å². The van der Waals surface area contributed by atoms with Crippen molar-refractivity contribution in [3.63, 3.8) is 0 Å². The van der Waals surface area contributed by atoms with Crippen molar-refractivity contribution in [3.05, 3.63) is 11.6 Å². The zero-order valence-corrected chi connectivity index (χ0v) is 11.0. The fourth-order valence-electron chi connectivity index (χ4n) is 1.77. The summed E-state index contributed by atoms with van der Waals surface area (Å²) in [6, 6.07) is 0. The molecule has 5 heteroatoms. The Morgan fingerprint density at radius 3 is 2.25 bits per heavy atom. The van der Waals surface area contributed by atoms with Crippen molar-refractivity contribution in [2.75, 3.05) is 13.2 Å². The largest absolute Gasteiger partial charge is 0.337 e. The minimum absolute atomic E-state index is 0.0985. The van der Waals surface area contributed by atoms with E-state index in [1.165, 1.54) is 0 Å². The number of carbonyl (C=O) groups is 1. The third-order valence-electron chi connectivity index (χ3n) is 2.64. The Hall–Kier alpha value is -0.440. The van der Waals surface area contributed by atoms with Crippen LogP contribution in [0.4, 0.5) is 0 Å². The third-order valence-corrected chi connectivity index (χ3v) is 5.15. The van der Waals surface area contributed by atoms with Gasteiger partial charge in [0.1, 0.15) is 0 Å². The van der Waals surface area contributed by atoms with Crippen LogP contribution in [0.1, 0.15) is 33.6 Å². The van der Waals surface area contributed by atoms with Crippen LogP contribution in [0.5, 0.6) is 0 Å². The molecule has 4 nitrogen and oxygen atoms in total. The number of hydrogen-bond donors (Lipinski definition) is 0. The van der Waals surface area contributed by atoms with Gasteiger partial charge in [-0.1, -0.05) is 5.57 Å². The predicted octanol–water partition coefficient (Wildman–Crippen LogP) is 2.93. The van der Waals surface area contributed by atoms with Crippen LogP contribution in [-0.2, 0) is 18.4 Å². The summed E-state index contributed by atoms with van der Waals surface area (Å²) in [7, 11) is -3.11. The van der Waals surface area contributed by atoms with Crippen LogP contribution < -0.4 is 0 Å². The van der Waals surface area contributed by atoms with Gasteiger partial charge in [0.25, 0.3) is 0 Å². The molecule has 0 aromatic carbocycles. The van der Waals surface area contributed by atoms with Crippen LogP contribution in [-0.4, -0.2) is 24.7 Å². The van der Waals surface area contributed by atoms with Crippen molar-refractivity contribution in [3.8, 4) is 0 Å². The Morgan fingerprint density at radius 1 is 1.31 bits per heavy atom. The number of ketones is 1. The van der Waals surface area contributed by atoms with Gasteiger partial charge in [-0.25, -0.2) is 0 Å². The molecule has 0 amide bonds. The highest BCUT2D eigenvalue weighted by atomic mass is 31.2. The lowest BCUT2D eigenvalue weighted by atomic mass is 10.2. The summed E-state index contributed by atoms with van der Waals surface area (Å²) in [5, 5.41) is 0. The highest BCUT2D eigenvalue weighted by Crippen LogP contribution is 2.56. The first kappa shape index (κ1) is 13.6. The van der Waals surface area contributed by atoms with Crippen molar-refractivity contribution in [1.29, 1.82) is 0 Å². The molecular formula is C11H19O4P. The third kappa shape index (κ3) is 3.03. The van der Waals surface area contributed by atoms with Crippen molar-refractivity contribution in [2.24, 2.45) is 0 Å². The van der Waals surface area contributed by atoms with E-state index < -0.39 is 7.60 Å². The van der Waals surface area contributed by atoms with Gasteiger partial charge in [-0.2, -0.15) is 0 Å². The lowest BCUT2D eigenvalue weighted by molar-refractivity contribution is -0.114. The summed E-state index contributed by atoms with van der Waals surface area (Å²) in [5.74, 6) is 0.0985. The van der Waals surface area contributed by atoms with Crippen LogP contribution in [0, 0.1) is 0 Å². The van der Waals surface area contributed by atoms with Crippen LogP contribution >= 0.6 is 7.60 Å². The molecular weight excluding hydrogens is 227 g/mol. The van der Waals surface area contributed by atoms with Crippen molar-refractivity contribution in [2.45, 2.75) is 39.3 Å². The zero-order valence-electron chi connectivity index (χ0n) is 10.1. The van der Waals surface area contributed by atoms with Gasteiger partial charge in [0.15, 0.2) is 5.78 Å². The van der Waals surface area contributed by atoms with Crippen molar-refractivity contribution < 1.29 is 18.4 Å². The van der Waals surface area contributed by atoms with Gasteiger partial charge < -0.3 is 9.05 Å². The average Bonchev–Trinajstić information content (AvgIpc) is 2.64. The average molecular weight is 246 g/mol. The Morgan fingerprint density at radius 2 is 1.88 bits per heavy atom. The Balaban J connectivity index is 2.82. The molecule has 1 unspecified atom stereocenters. The summed E-state index contributed by atoms with van der Waals surface area (Å²) in [6.45, 7) is 6.07. The normalized spacial score (nSPS) is 18.7. The summed E-state index contributed by atoms with van der Waals surface area (Å²) < 4.78 is 22.9. The minimum atomic E-state index is -3.11. The smallest absolute Gasteiger partial charge is 0.308 e. The second-order valence-electron chi connectivity index (χ2n) is 3.74. The van der Waals surface area contributed by atoms with Crippen LogP contribution in [0.25, 0.3) is 0 Å². The molecule has 0 saturated carbocycles. The van der Waals surface area contributed by atoms with E-state index in [2.05, 4.69) is 0 Å². The molecule has 0 radical (unpaired) electrons. The maximum atomic E-state index is 12.4. The Labute approximate surface area is 96.5 Å². The molecule has 0 saturated heterocycles. The first-order chi connectivity index (χ1) is 7.53. The Kier molecular flexibility index (Phi) is 4.90. The van der Waals surface area contributed by atoms with Crippen molar-refractivity contribution >= 4 is 13.4 Å². The second-order valence-corrected chi connectivity index (χ2v) is 6.11.